The smallest absolute Gasteiger partial charge is 0.315 e. The van der Waals surface area contributed by atoms with Crippen LogP contribution >= 0.6 is 0 Å². The van der Waals surface area contributed by atoms with Gasteiger partial charge in [0.1, 0.15) is 5.75 Å². The van der Waals surface area contributed by atoms with Crippen LogP contribution in [0.4, 0.5) is 4.79 Å². The molecule has 2 amide bonds. The number of aromatic nitrogens is 1. The van der Waals surface area contributed by atoms with Gasteiger partial charge in [-0.05, 0) is 63.8 Å². The van der Waals surface area contributed by atoms with E-state index in [0.717, 1.165) is 40.1 Å². The van der Waals surface area contributed by atoms with Crippen LogP contribution in [0.3, 0.4) is 0 Å². The van der Waals surface area contributed by atoms with E-state index in [1.807, 2.05) is 40.7 Å². The molecule has 1 unspecified atom stereocenters. The Balaban J connectivity index is 2.45. The summed E-state index contributed by atoms with van der Waals surface area (Å²) >= 11 is 0. The first-order valence-electron chi connectivity index (χ1n) is 8.98. The largest absolute Gasteiger partial charge is 0.438 e. The van der Waals surface area contributed by atoms with Crippen molar-refractivity contribution in [2.24, 2.45) is 0 Å². The number of pyridine rings is 1. The number of carbonyl (C=O) groups is 1. The van der Waals surface area contributed by atoms with E-state index in [2.05, 4.69) is 34.7 Å². The van der Waals surface area contributed by atoms with Crippen LogP contribution in [0.2, 0.25) is 0 Å². The Morgan fingerprint density at radius 1 is 1.12 bits per heavy atom. The van der Waals surface area contributed by atoms with Gasteiger partial charge >= 0.3 is 6.03 Å². The molecule has 1 atom stereocenters. The number of nitrogens with zero attached hydrogens (tertiary/aromatic N) is 1. The monoisotopic (exact) mass is 355 g/mol. The van der Waals surface area contributed by atoms with Gasteiger partial charge in [0.05, 0.1) is 6.04 Å². The number of nitrogens with one attached hydrogen (secondary N) is 2. The van der Waals surface area contributed by atoms with Gasteiger partial charge in [-0.3, -0.25) is 0 Å². The summed E-state index contributed by atoms with van der Waals surface area (Å²) in [4.78, 5) is 16.4. The summed E-state index contributed by atoms with van der Waals surface area (Å²) < 4.78 is 6.23. The third kappa shape index (κ3) is 4.34. The maximum absolute atomic E-state index is 11.8. The van der Waals surface area contributed by atoms with Crippen molar-refractivity contribution in [3.05, 3.63) is 51.7 Å². The molecule has 0 aliphatic carbocycles. The third-order valence-electron chi connectivity index (χ3n) is 4.52. The molecular formula is C21H29N3O2. The van der Waals surface area contributed by atoms with Gasteiger partial charge in [-0.2, -0.15) is 0 Å². The summed E-state index contributed by atoms with van der Waals surface area (Å²) in [6, 6.07) is 5.94. The van der Waals surface area contributed by atoms with Crippen molar-refractivity contribution in [1.82, 2.24) is 15.6 Å². The van der Waals surface area contributed by atoms with Gasteiger partial charge in [-0.25, -0.2) is 9.78 Å². The van der Waals surface area contributed by atoms with Crippen LogP contribution in [0.25, 0.3) is 0 Å². The third-order valence-corrected chi connectivity index (χ3v) is 4.52. The van der Waals surface area contributed by atoms with Crippen LogP contribution in [0.1, 0.15) is 52.9 Å². The Kier molecular flexibility index (Phi) is 6.24. The number of carbonyl (C=O) groups excluding carboxylic acids is 1. The lowest BCUT2D eigenvalue weighted by molar-refractivity contribution is 0.238. The highest BCUT2D eigenvalue weighted by Gasteiger charge is 2.19. The van der Waals surface area contributed by atoms with Crippen LogP contribution in [0.5, 0.6) is 11.6 Å². The summed E-state index contributed by atoms with van der Waals surface area (Å²) in [7, 11) is 1.62. The summed E-state index contributed by atoms with van der Waals surface area (Å²) in [5.41, 5.74) is 6.21. The molecule has 0 aliphatic rings. The van der Waals surface area contributed by atoms with Crippen molar-refractivity contribution in [3.63, 3.8) is 0 Å². The number of amides is 2. The molecule has 0 fully saturated rings. The molecule has 1 aromatic carbocycles. The van der Waals surface area contributed by atoms with Crippen molar-refractivity contribution < 1.29 is 9.53 Å². The van der Waals surface area contributed by atoms with E-state index < -0.39 is 0 Å². The van der Waals surface area contributed by atoms with E-state index in [4.69, 9.17) is 4.74 Å². The van der Waals surface area contributed by atoms with E-state index >= 15 is 0 Å². The van der Waals surface area contributed by atoms with Gasteiger partial charge in [-0.15, -0.1) is 0 Å². The Bertz CT molecular complexity index is 792. The number of hydrogen-bond donors (Lipinski definition) is 2. The number of ether oxygens (including phenoxy) is 1. The maximum atomic E-state index is 11.8. The highest BCUT2D eigenvalue weighted by atomic mass is 16.5. The summed E-state index contributed by atoms with van der Waals surface area (Å²) in [6.45, 7) is 12.1. The molecular weight excluding hydrogens is 326 g/mol. The van der Waals surface area contributed by atoms with Gasteiger partial charge in [0.25, 0.3) is 0 Å². The predicted octanol–water partition coefficient (Wildman–Crippen LogP) is 4.80. The molecule has 2 aromatic rings. The van der Waals surface area contributed by atoms with Crippen molar-refractivity contribution in [1.29, 1.82) is 0 Å². The van der Waals surface area contributed by atoms with Crippen LogP contribution in [0, 0.1) is 34.6 Å². The zero-order chi connectivity index (χ0) is 19.4. The summed E-state index contributed by atoms with van der Waals surface area (Å²) in [5, 5.41) is 5.60. The Morgan fingerprint density at radius 2 is 1.73 bits per heavy atom. The molecule has 26 heavy (non-hydrogen) atoms. The molecule has 5 nitrogen and oxygen atoms in total. The molecule has 0 aliphatic heterocycles. The van der Waals surface area contributed by atoms with Crippen LogP contribution < -0.4 is 15.4 Å². The Labute approximate surface area is 156 Å². The van der Waals surface area contributed by atoms with Crippen molar-refractivity contribution >= 4 is 6.03 Å². The zero-order valence-corrected chi connectivity index (χ0v) is 16.8. The van der Waals surface area contributed by atoms with Gasteiger partial charge < -0.3 is 15.4 Å². The summed E-state index contributed by atoms with van der Waals surface area (Å²) in [5.74, 6) is 1.43. The first-order valence-corrected chi connectivity index (χ1v) is 8.98. The van der Waals surface area contributed by atoms with Crippen molar-refractivity contribution in [3.8, 4) is 11.6 Å². The molecule has 0 saturated carbocycles. The topological polar surface area (TPSA) is 63.2 Å². The van der Waals surface area contributed by atoms with E-state index in [-0.39, 0.29) is 12.1 Å². The zero-order valence-electron chi connectivity index (χ0n) is 16.8. The lowest BCUT2D eigenvalue weighted by Gasteiger charge is -2.22. The van der Waals surface area contributed by atoms with Gasteiger partial charge in [-0.1, -0.05) is 24.6 Å². The van der Waals surface area contributed by atoms with Gasteiger partial charge in [0.2, 0.25) is 5.88 Å². The Hall–Kier alpha value is -2.56. The second-order valence-corrected chi connectivity index (χ2v) is 6.80. The molecule has 0 bridgehead atoms. The molecule has 2 rings (SSSR count). The normalized spacial score (nSPS) is 11.8. The van der Waals surface area contributed by atoms with Crippen LogP contribution in [0.15, 0.2) is 18.2 Å². The number of aryl methyl sites for hydroxylation is 4. The first-order chi connectivity index (χ1) is 12.3. The lowest BCUT2D eigenvalue weighted by atomic mass is 9.99. The van der Waals surface area contributed by atoms with E-state index in [1.54, 1.807) is 7.05 Å². The molecule has 0 spiro atoms. The van der Waals surface area contributed by atoms with Crippen LogP contribution in [-0.2, 0) is 0 Å². The minimum atomic E-state index is -0.196. The Morgan fingerprint density at radius 3 is 2.27 bits per heavy atom. The quantitative estimate of drug-likeness (QED) is 0.810. The number of benzene rings is 1. The molecule has 2 N–H and O–H groups in total. The molecule has 1 aromatic heterocycles. The van der Waals surface area contributed by atoms with E-state index in [0.29, 0.717) is 5.88 Å². The van der Waals surface area contributed by atoms with E-state index in [1.165, 1.54) is 5.56 Å². The van der Waals surface area contributed by atoms with Gasteiger partial charge in [0, 0.05) is 18.3 Å². The predicted molar refractivity (Wildman–Crippen MR) is 105 cm³/mol. The fourth-order valence-corrected chi connectivity index (χ4v) is 3.25. The minimum absolute atomic E-state index is 0.0980. The minimum Gasteiger partial charge on any atom is -0.438 e. The number of rotatable bonds is 5. The lowest BCUT2D eigenvalue weighted by Crippen LogP contribution is -2.35. The number of urea groups is 1. The second kappa shape index (κ2) is 8.21. The second-order valence-electron chi connectivity index (χ2n) is 6.80. The number of hydrogen-bond acceptors (Lipinski definition) is 3. The summed E-state index contributed by atoms with van der Waals surface area (Å²) in [6.07, 6.45) is 0.778. The SMILES string of the molecule is CCC(NC(=O)NC)c1cc(C)nc(Oc2c(C)cc(C)cc2C)c1C. The first kappa shape index (κ1) is 19.8. The van der Waals surface area contributed by atoms with E-state index in [9.17, 15) is 4.79 Å². The molecule has 1 heterocycles. The molecule has 0 saturated heterocycles. The molecule has 5 heteroatoms. The highest BCUT2D eigenvalue weighted by molar-refractivity contribution is 5.74. The average molecular weight is 355 g/mol. The standard InChI is InChI=1S/C21H29N3O2/c1-8-18(24-21(25)22-7)17-11-15(5)23-20(16(17)6)26-19-13(3)9-12(2)10-14(19)4/h9-11,18H,8H2,1-7H3,(H2,22,24,25). The highest BCUT2D eigenvalue weighted by Crippen LogP contribution is 2.33. The van der Waals surface area contributed by atoms with Gasteiger partial charge in [0.15, 0.2) is 0 Å². The van der Waals surface area contributed by atoms with Crippen LogP contribution in [-0.4, -0.2) is 18.1 Å². The maximum Gasteiger partial charge on any atom is 0.315 e. The van der Waals surface area contributed by atoms with Crippen molar-refractivity contribution in [2.45, 2.75) is 54.0 Å². The van der Waals surface area contributed by atoms with Crippen molar-refractivity contribution in [2.75, 3.05) is 7.05 Å². The fourth-order valence-electron chi connectivity index (χ4n) is 3.25. The molecule has 140 valence electrons. The fraction of sp³-hybridized carbons (Fsp3) is 0.429. The average Bonchev–Trinajstić information content (AvgIpc) is 2.58. The molecule has 0 radical (unpaired) electrons.